The van der Waals surface area contributed by atoms with Gasteiger partial charge in [0.25, 0.3) is 0 Å². The number of hydrazine groups is 1. The summed E-state index contributed by atoms with van der Waals surface area (Å²) in [6.07, 6.45) is 0.309. The summed E-state index contributed by atoms with van der Waals surface area (Å²) in [6.45, 7) is 0. The van der Waals surface area contributed by atoms with Gasteiger partial charge in [0, 0.05) is 5.39 Å². The molecule has 1 heterocycles. The van der Waals surface area contributed by atoms with Gasteiger partial charge in [-0.2, -0.15) is 0 Å². The molecule has 0 atom stereocenters. The highest BCUT2D eigenvalue weighted by Gasteiger charge is 2.15. The molecule has 0 unspecified atom stereocenters. The minimum atomic E-state index is -0.0519. The van der Waals surface area contributed by atoms with Gasteiger partial charge in [0.1, 0.15) is 5.84 Å². The number of rotatable bonds is 1. The van der Waals surface area contributed by atoms with E-state index in [4.69, 9.17) is 0 Å². The van der Waals surface area contributed by atoms with Crippen LogP contribution in [0.2, 0.25) is 0 Å². The van der Waals surface area contributed by atoms with Crippen molar-refractivity contribution < 1.29 is 4.79 Å². The predicted octanol–water partition coefficient (Wildman–Crippen LogP) is 1.89. The summed E-state index contributed by atoms with van der Waals surface area (Å²) in [5.41, 5.74) is 6.17. The number of nitrogens with zero attached hydrogens (tertiary/aromatic N) is 1. The van der Waals surface area contributed by atoms with Gasteiger partial charge in [-0.3, -0.25) is 15.6 Å². The fourth-order valence-corrected chi connectivity index (χ4v) is 1.90. The molecule has 1 fully saturated rings. The minimum Gasteiger partial charge on any atom is -0.285 e. The first-order valence-electron chi connectivity index (χ1n) is 5.43. The van der Waals surface area contributed by atoms with E-state index in [0.29, 0.717) is 12.3 Å². The molecule has 2 aromatic rings. The molecule has 1 aliphatic heterocycles. The molecular weight excluding hydrogens is 214 g/mol. The summed E-state index contributed by atoms with van der Waals surface area (Å²) in [7, 11) is 0. The molecular formula is C13H11N3O. The van der Waals surface area contributed by atoms with Crippen molar-refractivity contribution in [2.75, 3.05) is 0 Å². The Morgan fingerprint density at radius 1 is 1.00 bits per heavy atom. The third-order valence-electron chi connectivity index (χ3n) is 2.70. The molecule has 4 heteroatoms. The van der Waals surface area contributed by atoms with Gasteiger partial charge in [-0.15, -0.1) is 0 Å². The molecule has 3 rings (SSSR count). The number of carbonyl (C=O) groups is 1. The Hall–Kier alpha value is -2.36. The van der Waals surface area contributed by atoms with Crippen LogP contribution < -0.4 is 10.9 Å². The Bertz CT molecular complexity index is 614. The number of nitrogens with one attached hydrogen (secondary N) is 2. The fourth-order valence-electron chi connectivity index (χ4n) is 1.90. The first-order chi connectivity index (χ1) is 8.33. The molecule has 0 saturated carbocycles. The van der Waals surface area contributed by atoms with Crippen LogP contribution in [0.4, 0.5) is 5.69 Å². The Labute approximate surface area is 98.3 Å². The summed E-state index contributed by atoms with van der Waals surface area (Å²) >= 11 is 0. The number of amidine groups is 1. The van der Waals surface area contributed by atoms with E-state index < -0.39 is 0 Å². The Balaban J connectivity index is 2.09. The molecule has 1 saturated heterocycles. The molecule has 2 aromatic carbocycles. The van der Waals surface area contributed by atoms with Gasteiger partial charge in [-0.05, 0) is 11.5 Å². The monoisotopic (exact) mass is 225 g/mol. The van der Waals surface area contributed by atoms with Gasteiger partial charge in [-0.25, -0.2) is 4.99 Å². The van der Waals surface area contributed by atoms with E-state index in [1.54, 1.807) is 0 Å². The van der Waals surface area contributed by atoms with Crippen LogP contribution in [0.1, 0.15) is 6.42 Å². The van der Waals surface area contributed by atoms with E-state index in [2.05, 4.69) is 15.8 Å². The van der Waals surface area contributed by atoms with E-state index in [0.717, 1.165) is 16.5 Å². The summed E-state index contributed by atoms with van der Waals surface area (Å²) in [5.74, 6) is 0.607. The standard InChI is InChI=1S/C13H11N3O/c17-13-8-12(15-16-13)14-11-7-3-5-9-4-1-2-6-10(9)11/h1-7H,8H2,(H,14,15)(H,16,17). The second-order valence-electron chi connectivity index (χ2n) is 3.91. The third-order valence-corrected chi connectivity index (χ3v) is 2.70. The van der Waals surface area contributed by atoms with Crippen LogP contribution >= 0.6 is 0 Å². The second-order valence-corrected chi connectivity index (χ2v) is 3.91. The lowest BCUT2D eigenvalue weighted by Crippen LogP contribution is -2.28. The number of aliphatic imine (C=N–C) groups is 1. The summed E-state index contributed by atoms with van der Waals surface area (Å²) < 4.78 is 0. The van der Waals surface area contributed by atoms with E-state index in [9.17, 15) is 4.79 Å². The molecule has 0 spiro atoms. The molecule has 4 nitrogen and oxygen atoms in total. The van der Waals surface area contributed by atoms with Gasteiger partial charge < -0.3 is 0 Å². The largest absolute Gasteiger partial charge is 0.285 e. The lowest BCUT2D eigenvalue weighted by Gasteiger charge is -2.02. The van der Waals surface area contributed by atoms with Gasteiger partial charge in [0.15, 0.2) is 0 Å². The number of hydrogen-bond acceptors (Lipinski definition) is 2. The average molecular weight is 225 g/mol. The van der Waals surface area contributed by atoms with Crippen molar-refractivity contribution in [2.45, 2.75) is 6.42 Å². The fraction of sp³-hybridized carbons (Fsp3) is 0.0769. The molecule has 84 valence electrons. The number of carbonyl (C=O) groups excluding carboxylic acids is 1. The molecule has 1 amide bonds. The molecule has 0 aromatic heterocycles. The topological polar surface area (TPSA) is 53.5 Å². The lowest BCUT2D eigenvalue weighted by atomic mass is 10.1. The number of hydrogen-bond donors (Lipinski definition) is 2. The van der Waals surface area contributed by atoms with Gasteiger partial charge >= 0.3 is 0 Å². The maximum absolute atomic E-state index is 11.1. The number of amides is 1. The highest BCUT2D eigenvalue weighted by Crippen LogP contribution is 2.25. The van der Waals surface area contributed by atoms with Crippen LogP contribution in [0.15, 0.2) is 47.5 Å². The van der Waals surface area contributed by atoms with Crippen molar-refractivity contribution >= 4 is 28.2 Å². The van der Waals surface area contributed by atoms with Crippen molar-refractivity contribution in [1.29, 1.82) is 0 Å². The molecule has 2 N–H and O–H groups in total. The van der Waals surface area contributed by atoms with Crippen molar-refractivity contribution in [1.82, 2.24) is 10.9 Å². The molecule has 0 aliphatic carbocycles. The summed E-state index contributed by atoms with van der Waals surface area (Å²) in [6, 6.07) is 14.0. The van der Waals surface area contributed by atoms with Crippen molar-refractivity contribution in [3.63, 3.8) is 0 Å². The predicted molar refractivity (Wildman–Crippen MR) is 66.9 cm³/mol. The average Bonchev–Trinajstić information content (AvgIpc) is 2.75. The van der Waals surface area contributed by atoms with Crippen LogP contribution in [0.5, 0.6) is 0 Å². The highest BCUT2D eigenvalue weighted by atomic mass is 16.2. The number of benzene rings is 2. The summed E-state index contributed by atoms with van der Waals surface area (Å²) in [4.78, 5) is 15.5. The van der Waals surface area contributed by atoms with E-state index in [1.165, 1.54) is 0 Å². The third kappa shape index (κ3) is 1.85. The van der Waals surface area contributed by atoms with Crippen LogP contribution in [0, 0.1) is 0 Å². The van der Waals surface area contributed by atoms with Gasteiger partial charge in [-0.1, -0.05) is 36.4 Å². The second kappa shape index (κ2) is 3.90. The summed E-state index contributed by atoms with van der Waals surface area (Å²) in [5, 5.41) is 2.23. The van der Waals surface area contributed by atoms with E-state index in [1.807, 2.05) is 42.5 Å². The van der Waals surface area contributed by atoms with Crippen molar-refractivity contribution in [3.8, 4) is 0 Å². The first-order valence-corrected chi connectivity index (χ1v) is 5.43. The Morgan fingerprint density at radius 3 is 2.65 bits per heavy atom. The van der Waals surface area contributed by atoms with Crippen molar-refractivity contribution in [2.24, 2.45) is 4.99 Å². The molecule has 0 bridgehead atoms. The Morgan fingerprint density at radius 2 is 1.82 bits per heavy atom. The molecule has 1 aliphatic rings. The molecule has 17 heavy (non-hydrogen) atoms. The van der Waals surface area contributed by atoms with E-state index >= 15 is 0 Å². The minimum absolute atomic E-state index is 0.0519. The van der Waals surface area contributed by atoms with Crippen LogP contribution in [-0.4, -0.2) is 11.7 Å². The lowest BCUT2D eigenvalue weighted by molar-refractivity contribution is -0.119. The molecule has 0 radical (unpaired) electrons. The van der Waals surface area contributed by atoms with Crippen LogP contribution in [0.3, 0.4) is 0 Å². The van der Waals surface area contributed by atoms with Gasteiger partial charge in [0.05, 0.1) is 12.1 Å². The maximum atomic E-state index is 11.1. The zero-order valence-electron chi connectivity index (χ0n) is 9.10. The first kappa shape index (κ1) is 9.84. The van der Waals surface area contributed by atoms with Crippen LogP contribution in [-0.2, 0) is 4.79 Å². The van der Waals surface area contributed by atoms with Gasteiger partial charge in [0.2, 0.25) is 5.91 Å². The van der Waals surface area contributed by atoms with Crippen LogP contribution in [0.25, 0.3) is 10.8 Å². The smallest absolute Gasteiger partial charge is 0.245 e. The zero-order valence-corrected chi connectivity index (χ0v) is 9.10. The van der Waals surface area contributed by atoms with E-state index in [-0.39, 0.29) is 5.91 Å². The maximum Gasteiger partial charge on any atom is 0.245 e. The number of fused-ring (bicyclic) bond motifs is 1. The highest BCUT2D eigenvalue weighted by molar-refractivity contribution is 6.07. The van der Waals surface area contributed by atoms with Crippen molar-refractivity contribution in [3.05, 3.63) is 42.5 Å². The SMILES string of the molecule is O=C1CC(=Nc2cccc3ccccc23)NN1. The Kier molecular flexibility index (Phi) is 2.26. The quantitative estimate of drug-likeness (QED) is 0.778. The normalized spacial score (nSPS) is 17.2. The zero-order chi connectivity index (χ0) is 11.7.